The normalized spacial score (nSPS) is 12.8. The zero-order valence-electron chi connectivity index (χ0n) is 20.5. The average Bonchev–Trinajstić information content (AvgIpc) is 3.47. The average molecular weight is 598 g/mol. The van der Waals surface area contributed by atoms with Crippen LogP contribution in [-0.4, -0.2) is 36.4 Å². The van der Waals surface area contributed by atoms with E-state index in [9.17, 15) is 22.8 Å². The van der Waals surface area contributed by atoms with Crippen LogP contribution in [0, 0.1) is 20.8 Å². The molecular formula is C23H23BrF3N7O2S. The van der Waals surface area contributed by atoms with Crippen molar-refractivity contribution in [3.63, 3.8) is 0 Å². The quantitative estimate of drug-likeness (QED) is 0.309. The Morgan fingerprint density at radius 3 is 2.41 bits per heavy atom. The van der Waals surface area contributed by atoms with E-state index >= 15 is 0 Å². The van der Waals surface area contributed by atoms with Crippen LogP contribution >= 0.6 is 27.3 Å². The van der Waals surface area contributed by atoms with Crippen molar-refractivity contribution in [3.05, 3.63) is 44.4 Å². The molecule has 0 aliphatic heterocycles. The molecule has 1 atom stereocenters. The molecule has 3 N–H and O–H groups in total. The van der Waals surface area contributed by atoms with Crippen molar-refractivity contribution in [2.75, 3.05) is 5.32 Å². The van der Waals surface area contributed by atoms with Crippen molar-refractivity contribution in [3.8, 4) is 11.1 Å². The van der Waals surface area contributed by atoms with Crippen molar-refractivity contribution in [2.45, 2.75) is 53.4 Å². The first-order chi connectivity index (χ1) is 17.3. The molecule has 2 amide bonds. The van der Waals surface area contributed by atoms with Crippen LogP contribution in [0.1, 0.15) is 52.3 Å². The third-order valence-corrected chi connectivity index (χ3v) is 8.35. The summed E-state index contributed by atoms with van der Waals surface area (Å²) in [7, 11) is 0. The first-order valence-electron chi connectivity index (χ1n) is 11.2. The molecule has 0 fully saturated rings. The molecule has 4 heterocycles. The lowest BCUT2D eigenvalue weighted by Crippen LogP contribution is -2.26. The maximum absolute atomic E-state index is 13.8. The summed E-state index contributed by atoms with van der Waals surface area (Å²) in [5, 5.41) is 11.5. The molecule has 0 aliphatic carbocycles. The van der Waals surface area contributed by atoms with Crippen LogP contribution in [0.25, 0.3) is 21.3 Å². The molecule has 4 aromatic heterocycles. The van der Waals surface area contributed by atoms with Gasteiger partial charge in [-0.3, -0.25) is 19.0 Å². The van der Waals surface area contributed by atoms with Gasteiger partial charge in [0, 0.05) is 23.2 Å². The molecule has 9 nitrogen and oxygen atoms in total. The summed E-state index contributed by atoms with van der Waals surface area (Å²) in [5.74, 6) is -1.44. The van der Waals surface area contributed by atoms with E-state index in [2.05, 4.69) is 36.4 Å². The molecule has 4 aromatic rings. The Labute approximate surface area is 222 Å². The highest BCUT2D eigenvalue weighted by molar-refractivity contribution is 9.10. The standard InChI is InChI=1S/C23H23BrF3N7O2S/c1-6-33-10(3)14(8-29-33)13-7-15(23(25,26)27)30-22-16(13)18(19(37-22)20(28)35)31-21(36)12(5)34-11(4)17(24)9(2)32-34/h7-8,12H,6H2,1-5H3,(H2,28,35)(H,31,36). The summed E-state index contributed by atoms with van der Waals surface area (Å²) < 4.78 is 45.2. The summed E-state index contributed by atoms with van der Waals surface area (Å²) in [6, 6.07) is 0.0947. The molecule has 0 bridgehead atoms. The number of thiophene rings is 1. The number of carbonyl (C=O) groups excluding carboxylic acids is 2. The van der Waals surface area contributed by atoms with Crippen LogP contribution < -0.4 is 11.1 Å². The number of rotatable bonds is 6. The number of hydrogen-bond acceptors (Lipinski definition) is 6. The molecular weight excluding hydrogens is 575 g/mol. The number of anilines is 1. The molecule has 14 heteroatoms. The Morgan fingerprint density at radius 2 is 1.89 bits per heavy atom. The Morgan fingerprint density at radius 1 is 1.22 bits per heavy atom. The predicted molar refractivity (Wildman–Crippen MR) is 138 cm³/mol. The fourth-order valence-electron chi connectivity index (χ4n) is 4.14. The first-order valence-corrected chi connectivity index (χ1v) is 12.8. The third kappa shape index (κ3) is 4.63. The number of halogens is 4. The van der Waals surface area contributed by atoms with Crippen molar-refractivity contribution >= 4 is 55.0 Å². The first kappa shape index (κ1) is 26.8. The number of fused-ring (bicyclic) bond motifs is 1. The lowest BCUT2D eigenvalue weighted by atomic mass is 10.0. The summed E-state index contributed by atoms with van der Waals surface area (Å²) in [6.45, 7) is 9.28. The smallest absolute Gasteiger partial charge is 0.365 e. The van der Waals surface area contributed by atoms with Crippen molar-refractivity contribution in [1.29, 1.82) is 0 Å². The Bertz CT molecular complexity index is 1550. The van der Waals surface area contributed by atoms with E-state index in [1.54, 1.807) is 32.4 Å². The molecule has 37 heavy (non-hydrogen) atoms. The number of aryl methyl sites for hydroxylation is 2. The number of hydrogen-bond donors (Lipinski definition) is 2. The Balaban J connectivity index is 1.94. The minimum absolute atomic E-state index is 0.00446. The van der Waals surface area contributed by atoms with Gasteiger partial charge in [0.15, 0.2) is 0 Å². The molecule has 0 spiro atoms. The maximum Gasteiger partial charge on any atom is 0.433 e. The Kier molecular flexibility index (Phi) is 6.92. The van der Waals surface area contributed by atoms with Gasteiger partial charge in [0.1, 0.15) is 21.4 Å². The molecule has 0 saturated carbocycles. The number of alkyl halides is 3. The van der Waals surface area contributed by atoms with Gasteiger partial charge in [-0.25, -0.2) is 4.98 Å². The van der Waals surface area contributed by atoms with Crippen molar-refractivity contribution in [2.24, 2.45) is 5.73 Å². The van der Waals surface area contributed by atoms with Crippen molar-refractivity contribution in [1.82, 2.24) is 24.5 Å². The summed E-state index contributed by atoms with van der Waals surface area (Å²) >= 11 is 4.12. The second kappa shape index (κ2) is 9.56. The van der Waals surface area contributed by atoms with E-state index in [-0.39, 0.29) is 26.3 Å². The minimum atomic E-state index is -4.74. The van der Waals surface area contributed by atoms with E-state index in [1.165, 1.54) is 10.9 Å². The molecule has 0 saturated heterocycles. The fraction of sp³-hybridized carbons (Fsp3) is 0.348. The van der Waals surface area contributed by atoms with Crippen LogP contribution in [0.4, 0.5) is 18.9 Å². The topological polar surface area (TPSA) is 121 Å². The number of amides is 2. The number of primary amides is 1. The van der Waals surface area contributed by atoms with Gasteiger partial charge in [-0.05, 0) is 62.2 Å². The highest BCUT2D eigenvalue weighted by Gasteiger charge is 2.36. The zero-order chi connectivity index (χ0) is 27.4. The van der Waals surface area contributed by atoms with Crippen LogP contribution in [0.2, 0.25) is 0 Å². The molecule has 0 aliphatic rings. The van der Waals surface area contributed by atoms with Crippen LogP contribution in [0.15, 0.2) is 16.7 Å². The van der Waals surface area contributed by atoms with Gasteiger partial charge in [-0.2, -0.15) is 23.4 Å². The lowest BCUT2D eigenvalue weighted by molar-refractivity contribution is -0.140. The van der Waals surface area contributed by atoms with Crippen molar-refractivity contribution < 1.29 is 22.8 Å². The van der Waals surface area contributed by atoms with Crippen LogP contribution in [0.3, 0.4) is 0 Å². The number of carbonyl (C=O) groups is 2. The van der Waals surface area contributed by atoms with E-state index < -0.39 is 29.7 Å². The molecule has 1 unspecified atom stereocenters. The lowest BCUT2D eigenvalue weighted by Gasteiger charge is -2.16. The highest BCUT2D eigenvalue weighted by atomic mass is 79.9. The predicted octanol–water partition coefficient (Wildman–Crippen LogP) is 5.38. The second-order valence-electron chi connectivity index (χ2n) is 8.46. The molecule has 196 valence electrons. The van der Waals surface area contributed by atoms with Gasteiger partial charge < -0.3 is 11.1 Å². The minimum Gasteiger partial charge on any atom is -0.365 e. The van der Waals surface area contributed by atoms with Gasteiger partial charge >= 0.3 is 6.18 Å². The van der Waals surface area contributed by atoms with E-state index in [0.29, 0.717) is 40.5 Å². The monoisotopic (exact) mass is 597 g/mol. The van der Waals surface area contributed by atoms with Gasteiger partial charge in [0.2, 0.25) is 5.91 Å². The largest absolute Gasteiger partial charge is 0.433 e. The summed E-state index contributed by atoms with van der Waals surface area (Å²) in [4.78, 5) is 29.3. The number of nitrogens with two attached hydrogens (primary N) is 1. The number of nitrogens with one attached hydrogen (secondary N) is 1. The van der Waals surface area contributed by atoms with Gasteiger partial charge in [0.05, 0.1) is 27.7 Å². The number of nitrogens with zero attached hydrogens (tertiary/aromatic N) is 5. The van der Waals surface area contributed by atoms with Gasteiger partial charge in [-0.1, -0.05) is 0 Å². The highest BCUT2D eigenvalue weighted by Crippen LogP contribution is 2.44. The van der Waals surface area contributed by atoms with Crippen LogP contribution in [0.5, 0.6) is 0 Å². The van der Waals surface area contributed by atoms with E-state index in [0.717, 1.165) is 10.5 Å². The molecule has 4 rings (SSSR count). The van der Waals surface area contributed by atoms with Gasteiger partial charge in [0.25, 0.3) is 5.91 Å². The summed E-state index contributed by atoms with van der Waals surface area (Å²) in [5.41, 5.74) is 7.03. The fourth-order valence-corrected chi connectivity index (χ4v) is 5.41. The summed E-state index contributed by atoms with van der Waals surface area (Å²) in [6.07, 6.45) is -3.29. The van der Waals surface area contributed by atoms with E-state index in [4.69, 9.17) is 5.73 Å². The number of pyridine rings is 1. The molecule has 0 aromatic carbocycles. The second-order valence-corrected chi connectivity index (χ2v) is 10.2. The molecule has 0 radical (unpaired) electrons. The third-order valence-electron chi connectivity index (χ3n) is 6.10. The van der Waals surface area contributed by atoms with Crippen LogP contribution in [-0.2, 0) is 17.5 Å². The maximum atomic E-state index is 13.8. The SMILES string of the molecule is CCn1ncc(-c2cc(C(F)(F)F)nc3sc(C(N)=O)c(NC(=O)C(C)n4nc(C)c(Br)c4C)c23)c1C. The van der Waals surface area contributed by atoms with Gasteiger partial charge in [-0.15, -0.1) is 11.3 Å². The number of aromatic nitrogens is 5. The Hall–Kier alpha value is -3.26. The van der Waals surface area contributed by atoms with E-state index in [1.807, 2.05) is 6.92 Å². The zero-order valence-corrected chi connectivity index (χ0v) is 22.9.